The van der Waals surface area contributed by atoms with Crippen LogP contribution in [-0.2, 0) is 10.8 Å². The van der Waals surface area contributed by atoms with Crippen LogP contribution in [0.15, 0.2) is 30.3 Å². The van der Waals surface area contributed by atoms with Crippen molar-refractivity contribution in [3.05, 3.63) is 35.9 Å². The van der Waals surface area contributed by atoms with Gasteiger partial charge < -0.3 is 10.6 Å². The molecule has 0 unspecified atom stereocenters. The van der Waals surface area contributed by atoms with Crippen molar-refractivity contribution in [2.24, 2.45) is 5.92 Å². The summed E-state index contributed by atoms with van der Waals surface area (Å²) in [5.74, 6) is 1.70. The van der Waals surface area contributed by atoms with Gasteiger partial charge in [0.2, 0.25) is 0 Å². The number of carbonyl (C=O) groups is 1. The lowest BCUT2D eigenvalue weighted by Gasteiger charge is -2.35. The van der Waals surface area contributed by atoms with Gasteiger partial charge >= 0.3 is 6.03 Å². The summed E-state index contributed by atoms with van der Waals surface area (Å²) in [6, 6.07) is 10.3. The molecule has 0 spiro atoms. The van der Waals surface area contributed by atoms with Gasteiger partial charge in [-0.05, 0) is 37.2 Å². The summed E-state index contributed by atoms with van der Waals surface area (Å²) < 4.78 is 11.1. The molecule has 21 heavy (non-hydrogen) atoms. The maximum atomic E-state index is 11.7. The van der Waals surface area contributed by atoms with Gasteiger partial charge in [-0.15, -0.1) is 0 Å². The molecule has 1 aliphatic carbocycles. The van der Waals surface area contributed by atoms with Crippen LogP contribution >= 0.6 is 0 Å². The van der Waals surface area contributed by atoms with Gasteiger partial charge in [0.1, 0.15) is 0 Å². The highest BCUT2D eigenvalue weighted by molar-refractivity contribution is 7.84. The summed E-state index contributed by atoms with van der Waals surface area (Å²) in [6.45, 7) is 2.59. The first-order chi connectivity index (χ1) is 10.0. The lowest BCUT2D eigenvalue weighted by Crippen LogP contribution is -2.45. The number of amides is 2. The molecule has 0 aromatic heterocycles. The van der Waals surface area contributed by atoms with Crippen LogP contribution in [0.4, 0.5) is 4.79 Å². The zero-order valence-corrected chi connectivity index (χ0v) is 13.5. The van der Waals surface area contributed by atoms with Crippen LogP contribution in [0.5, 0.6) is 0 Å². The van der Waals surface area contributed by atoms with Crippen molar-refractivity contribution in [2.75, 3.05) is 18.6 Å². The predicted molar refractivity (Wildman–Crippen MR) is 86.8 cm³/mol. The first-order valence-electron chi connectivity index (χ1n) is 7.44. The van der Waals surface area contributed by atoms with Crippen molar-refractivity contribution in [1.82, 2.24) is 10.6 Å². The molecule has 116 valence electrons. The molecule has 0 radical (unpaired) electrons. The fourth-order valence-electron chi connectivity index (χ4n) is 2.81. The van der Waals surface area contributed by atoms with E-state index in [1.165, 1.54) is 5.56 Å². The van der Waals surface area contributed by atoms with Crippen LogP contribution in [0.1, 0.15) is 31.2 Å². The van der Waals surface area contributed by atoms with Crippen molar-refractivity contribution in [1.29, 1.82) is 0 Å². The number of nitrogens with one attached hydrogen (secondary N) is 2. The van der Waals surface area contributed by atoms with Gasteiger partial charge in [-0.25, -0.2) is 4.79 Å². The van der Waals surface area contributed by atoms with E-state index < -0.39 is 10.8 Å². The van der Waals surface area contributed by atoms with Gasteiger partial charge in [-0.2, -0.15) is 0 Å². The normalized spacial score (nSPS) is 23.7. The minimum atomic E-state index is -0.884. The number of hydrogen-bond acceptors (Lipinski definition) is 2. The van der Waals surface area contributed by atoms with Crippen molar-refractivity contribution in [3.8, 4) is 0 Å². The number of rotatable bonds is 6. The summed E-state index contributed by atoms with van der Waals surface area (Å²) in [5.41, 5.74) is 1.40. The summed E-state index contributed by atoms with van der Waals surface area (Å²) in [5, 5.41) is 5.73. The van der Waals surface area contributed by atoms with Crippen LogP contribution in [0, 0.1) is 5.92 Å². The quantitative estimate of drug-likeness (QED) is 0.847. The first kappa shape index (κ1) is 16.0. The van der Waals surface area contributed by atoms with Gasteiger partial charge in [0.15, 0.2) is 0 Å². The molecule has 1 saturated carbocycles. The molecule has 0 saturated heterocycles. The van der Waals surface area contributed by atoms with Crippen LogP contribution in [0.3, 0.4) is 0 Å². The second-order valence-electron chi connectivity index (χ2n) is 5.94. The summed E-state index contributed by atoms with van der Waals surface area (Å²) in [4.78, 5) is 11.7. The Morgan fingerprint density at radius 3 is 2.62 bits per heavy atom. The molecule has 2 amide bonds. The van der Waals surface area contributed by atoms with Crippen LogP contribution in [-0.4, -0.2) is 34.8 Å². The first-order valence-corrected chi connectivity index (χ1v) is 9.16. The smallest absolute Gasteiger partial charge is 0.315 e. The van der Waals surface area contributed by atoms with E-state index in [-0.39, 0.29) is 12.1 Å². The average Bonchev–Trinajstić information content (AvgIpc) is 2.36. The largest absolute Gasteiger partial charge is 0.338 e. The van der Waals surface area contributed by atoms with E-state index in [0.29, 0.717) is 17.6 Å². The topological polar surface area (TPSA) is 58.2 Å². The van der Waals surface area contributed by atoms with Crippen LogP contribution in [0.2, 0.25) is 0 Å². The second kappa shape index (κ2) is 7.59. The van der Waals surface area contributed by atoms with E-state index in [1.54, 1.807) is 6.26 Å². The molecular formula is C16H24N2O2S. The minimum absolute atomic E-state index is 0.0608. The number of hydrogen-bond donors (Lipinski definition) is 2. The maximum absolute atomic E-state index is 11.7. The van der Waals surface area contributed by atoms with Gasteiger partial charge in [-0.3, -0.25) is 4.21 Å². The van der Waals surface area contributed by atoms with E-state index in [0.717, 1.165) is 19.4 Å². The fourth-order valence-corrected chi connectivity index (χ4v) is 3.59. The third kappa shape index (κ3) is 5.16. The molecule has 4 nitrogen and oxygen atoms in total. The standard InChI is InChI=1S/C16H24N2O2S/c1-12(11-21(2)20)18-16(19)17-10-13-8-15(9-13)14-6-4-3-5-7-14/h3-7,12-13,15H,8-11H2,1-2H3,(H2,17,18,19)/t12-,13?,15?,21+/m1/s1. The Morgan fingerprint density at radius 1 is 1.33 bits per heavy atom. The van der Waals surface area contributed by atoms with Crippen molar-refractivity contribution in [3.63, 3.8) is 0 Å². The van der Waals surface area contributed by atoms with Crippen LogP contribution < -0.4 is 10.6 Å². The predicted octanol–water partition coefficient (Wildman–Crippen LogP) is 2.25. The molecule has 0 bridgehead atoms. The molecule has 0 heterocycles. The molecule has 2 rings (SSSR count). The molecule has 1 aromatic carbocycles. The molecular weight excluding hydrogens is 284 g/mol. The van der Waals surface area contributed by atoms with E-state index >= 15 is 0 Å². The number of benzene rings is 1. The molecule has 2 atom stereocenters. The third-order valence-corrected chi connectivity index (χ3v) is 4.89. The number of carbonyl (C=O) groups excluding carboxylic acids is 1. The summed E-state index contributed by atoms with van der Waals surface area (Å²) >= 11 is 0. The summed E-state index contributed by atoms with van der Waals surface area (Å²) in [6.07, 6.45) is 3.92. The minimum Gasteiger partial charge on any atom is -0.338 e. The highest BCUT2D eigenvalue weighted by atomic mass is 32.2. The Labute approximate surface area is 129 Å². The highest BCUT2D eigenvalue weighted by Gasteiger charge is 2.30. The zero-order chi connectivity index (χ0) is 15.2. The molecule has 1 aliphatic rings. The number of urea groups is 1. The second-order valence-corrected chi connectivity index (χ2v) is 7.42. The van der Waals surface area contributed by atoms with Gasteiger partial charge in [0.25, 0.3) is 0 Å². The molecule has 0 aliphatic heterocycles. The molecule has 1 aromatic rings. The van der Waals surface area contributed by atoms with Crippen molar-refractivity contribution >= 4 is 16.8 Å². The van der Waals surface area contributed by atoms with Gasteiger partial charge in [0, 0.05) is 35.4 Å². The van der Waals surface area contributed by atoms with E-state index in [1.807, 2.05) is 13.0 Å². The zero-order valence-electron chi connectivity index (χ0n) is 12.7. The Balaban J connectivity index is 1.62. The average molecular weight is 308 g/mol. The Morgan fingerprint density at radius 2 is 2.00 bits per heavy atom. The van der Waals surface area contributed by atoms with Gasteiger partial charge in [0.05, 0.1) is 0 Å². The molecule has 5 heteroatoms. The Bertz CT molecular complexity index is 486. The van der Waals surface area contributed by atoms with Crippen molar-refractivity contribution < 1.29 is 9.00 Å². The lowest BCUT2D eigenvalue weighted by atomic mass is 9.71. The lowest BCUT2D eigenvalue weighted by molar-refractivity contribution is 0.223. The van der Waals surface area contributed by atoms with E-state index in [2.05, 4.69) is 34.9 Å². The maximum Gasteiger partial charge on any atom is 0.315 e. The van der Waals surface area contributed by atoms with Crippen LogP contribution in [0.25, 0.3) is 0 Å². The monoisotopic (exact) mass is 308 g/mol. The SMILES string of the molecule is C[C@H](C[S@](C)=O)NC(=O)NCC1CC(c2ccccc2)C1. The fraction of sp³-hybridized carbons (Fsp3) is 0.562. The Kier molecular flexibility index (Phi) is 5.79. The van der Waals surface area contributed by atoms with E-state index in [9.17, 15) is 9.00 Å². The third-order valence-electron chi connectivity index (χ3n) is 3.92. The van der Waals surface area contributed by atoms with E-state index in [4.69, 9.17) is 0 Å². The molecule has 1 fully saturated rings. The Hall–Kier alpha value is -1.36. The highest BCUT2D eigenvalue weighted by Crippen LogP contribution is 2.40. The summed E-state index contributed by atoms with van der Waals surface area (Å²) in [7, 11) is -0.884. The molecule has 2 N–H and O–H groups in total. The van der Waals surface area contributed by atoms with Crippen molar-refractivity contribution in [2.45, 2.75) is 31.7 Å². The van der Waals surface area contributed by atoms with Gasteiger partial charge in [-0.1, -0.05) is 30.3 Å².